The predicted molar refractivity (Wildman–Crippen MR) is 70.4 cm³/mol. The molecule has 0 aliphatic heterocycles. The highest BCUT2D eigenvalue weighted by atomic mass is 32.1. The molecule has 0 aromatic carbocycles. The number of ketones is 1. The number of carbonyl (C=O) groups is 2. The fourth-order valence-corrected chi connectivity index (χ4v) is 2.11. The van der Waals surface area contributed by atoms with Crippen LogP contribution in [-0.2, 0) is 4.79 Å². The summed E-state index contributed by atoms with van der Waals surface area (Å²) in [7, 11) is 0. The van der Waals surface area contributed by atoms with E-state index < -0.39 is 0 Å². The summed E-state index contributed by atoms with van der Waals surface area (Å²) in [4.78, 5) is 23.9. The molecule has 0 saturated carbocycles. The fourth-order valence-electron chi connectivity index (χ4n) is 1.42. The largest absolute Gasteiger partial charge is 0.354 e. The van der Waals surface area contributed by atoms with Crippen LogP contribution in [0.15, 0.2) is 17.5 Å². The third kappa shape index (κ3) is 5.13. The van der Waals surface area contributed by atoms with Crippen LogP contribution < -0.4 is 5.32 Å². The SMILES string of the molecule is CCC(C)NC(=O)CCCC(=O)c1cccs1. The highest BCUT2D eigenvalue weighted by molar-refractivity contribution is 7.12. The maximum Gasteiger partial charge on any atom is 0.220 e. The van der Waals surface area contributed by atoms with Crippen molar-refractivity contribution in [3.63, 3.8) is 0 Å². The minimum absolute atomic E-state index is 0.0401. The molecule has 0 radical (unpaired) electrons. The molecule has 4 heteroatoms. The van der Waals surface area contributed by atoms with Gasteiger partial charge in [0.1, 0.15) is 0 Å². The lowest BCUT2D eigenvalue weighted by molar-refractivity contribution is -0.121. The lowest BCUT2D eigenvalue weighted by Crippen LogP contribution is -2.31. The van der Waals surface area contributed by atoms with Crippen LogP contribution in [0.4, 0.5) is 0 Å². The van der Waals surface area contributed by atoms with E-state index in [0.717, 1.165) is 11.3 Å². The summed E-state index contributed by atoms with van der Waals surface area (Å²) in [6.45, 7) is 4.01. The monoisotopic (exact) mass is 253 g/mol. The molecule has 17 heavy (non-hydrogen) atoms. The molecule has 0 bridgehead atoms. The van der Waals surface area contributed by atoms with Gasteiger partial charge >= 0.3 is 0 Å². The Morgan fingerprint density at radius 2 is 2.18 bits per heavy atom. The van der Waals surface area contributed by atoms with E-state index in [1.165, 1.54) is 11.3 Å². The summed E-state index contributed by atoms with van der Waals surface area (Å²) < 4.78 is 0. The Bertz CT molecular complexity index is 360. The second kappa shape index (κ2) is 7.22. The van der Waals surface area contributed by atoms with Gasteiger partial charge in [0.05, 0.1) is 4.88 Å². The van der Waals surface area contributed by atoms with Gasteiger partial charge in [0.25, 0.3) is 0 Å². The van der Waals surface area contributed by atoms with Gasteiger partial charge in [-0.25, -0.2) is 0 Å². The van der Waals surface area contributed by atoms with Crippen molar-refractivity contribution >= 4 is 23.0 Å². The topological polar surface area (TPSA) is 46.2 Å². The first-order valence-electron chi connectivity index (χ1n) is 5.99. The lowest BCUT2D eigenvalue weighted by Gasteiger charge is -2.10. The number of carbonyl (C=O) groups excluding carboxylic acids is 2. The van der Waals surface area contributed by atoms with Gasteiger partial charge in [-0.15, -0.1) is 11.3 Å². The van der Waals surface area contributed by atoms with Crippen LogP contribution in [-0.4, -0.2) is 17.7 Å². The number of Topliss-reactive ketones (excluding diaryl/α,β-unsaturated/α-hetero) is 1. The number of nitrogens with one attached hydrogen (secondary N) is 1. The van der Waals surface area contributed by atoms with Crippen molar-refractivity contribution in [3.8, 4) is 0 Å². The van der Waals surface area contributed by atoms with E-state index in [-0.39, 0.29) is 17.7 Å². The molecule has 0 saturated heterocycles. The summed E-state index contributed by atoms with van der Waals surface area (Å²) in [5, 5.41) is 4.78. The molecular formula is C13H19NO2S. The number of amides is 1. The molecule has 1 aromatic heterocycles. The molecule has 3 nitrogen and oxygen atoms in total. The molecule has 1 rings (SSSR count). The Hall–Kier alpha value is -1.16. The molecule has 0 spiro atoms. The van der Waals surface area contributed by atoms with Crippen LogP contribution in [0.2, 0.25) is 0 Å². The third-order valence-electron chi connectivity index (χ3n) is 2.62. The van der Waals surface area contributed by atoms with Crippen molar-refractivity contribution in [2.75, 3.05) is 0 Å². The van der Waals surface area contributed by atoms with E-state index in [1.807, 2.05) is 31.4 Å². The van der Waals surface area contributed by atoms with E-state index in [2.05, 4.69) is 5.32 Å². The first-order chi connectivity index (χ1) is 8.13. The van der Waals surface area contributed by atoms with Crippen molar-refractivity contribution in [1.82, 2.24) is 5.32 Å². The van der Waals surface area contributed by atoms with Crippen LogP contribution in [0.3, 0.4) is 0 Å². The van der Waals surface area contributed by atoms with Gasteiger partial charge < -0.3 is 5.32 Å². The first kappa shape index (κ1) is 13.9. The molecule has 0 aliphatic carbocycles. The number of hydrogen-bond acceptors (Lipinski definition) is 3. The quantitative estimate of drug-likeness (QED) is 0.759. The van der Waals surface area contributed by atoms with Gasteiger partial charge in [-0.2, -0.15) is 0 Å². The Kier molecular flexibility index (Phi) is 5.91. The highest BCUT2D eigenvalue weighted by Gasteiger charge is 2.09. The van der Waals surface area contributed by atoms with Gasteiger partial charge in [-0.3, -0.25) is 9.59 Å². The summed E-state index contributed by atoms with van der Waals surface area (Å²) in [6, 6.07) is 3.91. The van der Waals surface area contributed by atoms with Crippen molar-refractivity contribution in [1.29, 1.82) is 0 Å². The van der Waals surface area contributed by atoms with Crippen LogP contribution in [0.25, 0.3) is 0 Å². The van der Waals surface area contributed by atoms with Crippen LogP contribution in [0, 0.1) is 0 Å². The smallest absolute Gasteiger partial charge is 0.220 e. The Balaban J connectivity index is 2.20. The molecule has 1 heterocycles. The molecule has 0 fully saturated rings. The molecule has 1 amide bonds. The maximum atomic E-state index is 11.6. The van der Waals surface area contributed by atoms with Gasteiger partial charge in [-0.1, -0.05) is 13.0 Å². The zero-order chi connectivity index (χ0) is 12.7. The number of hydrogen-bond donors (Lipinski definition) is 1. The fraction of sp³-hybridized carbons (Fsp3) is 0.538. The van der Waals surface area contributed by atoms with Crippen LogP contribution in [0.1, 0.15) is 49.2 Å². The van der Waals surface area contributed by atoms with Gasteiger partial charge in [0, 0.05) is 18.9 Å². The molecule has 94 valence electrons. The average molecular weight is 253 g/mol. The highest BCUT2D eigenvalue weighted by Crippen LogP contribution is 2.12. The lowest BCUT2D eigenvalue weighted by atomic mass is 10.1. The van der Waals surface area contributed by atoms with Crippen molar-refractivity contribution in [3.05, 3.63) is 22.4 Å². The minimum atomic E-state index is 0.0401. The van der Waals surface area contributed by atoms with E-state index in [0.29, 0.717) is 19.3 Å². The minimum Gasteiger partial charge on any atom is -0.354 e. The van der Waals surface area contributed by atoms with Gasteiger partial charge in [0.15, 0.2) is 5.78 Å². The van der Waals surface area contributed by atoms with E-state index in [4.69, 9.17) is 0 Å². The molecular weight excluding hydrogens is 234 g/mol. The van der Waals surface area contributed by atoms with Gasteiger partial charge in [0.2, 0.25) is 5.91 Å². The van der Waals surface area contributed by atoms with Crippen LogP contribution in [0.5, 0.6) is 0 Å². The van der Waals surface area contributed by atoms with Gasteiger partial charge in [-0.05, 0) is 31.2 Å². The summed E-state index contributed by atoms with van der Waals surface area (Å²) >= 11 is 1.45. The number of thiophene rings is 1. The molecule has 1 aromatic rings. The number of rotatable bonds is 7. The average Bonchev–Trinajstić information content (AvgIpc) is 2.82. The Labute approximate surface area is 106 Å². The molecule has 1 N–H and O–H groups in total. The Morgan fingerprint density at radius 3 is 2.76 bits per heavy atom. The predicted octanol–water partition coefficient (Wildman–Crippen LogP) is 3.02. The summed E-state index contributed by atoms with van der Waals surface area (Å²) in [5.74, 6) is 0.176. The summed E-state index contributed by atoms with van der Waals surface area (Å²) in [5.41, 5.74) is 0. The molecule has 1 unspecified atom stereocenters. The van der Waals surface area contributed by atoms with E-state index in [9.17, 15) is 9.59 Å². The zero-order valence-corrected chi connectivity index (χ0v) is 11.2. The Morgan fingerprint density at radius 1 is 1.41 bits per heavy atom. The third-order valence-corrected chi connectivity index (χ3v) is 3.53. The van der Waals surface area contributed by atoms with Crippen molar-refractivity contribution < 1.29 is 9.59 Å². The van der Waals surface area contributed by atoms with Crippen LogP contribution >= 0.6 is 11.3 Å². The van der Waals surface area contributed by atoms with E-state index >= 15 is 0 Å². The second-order valence-electron chi connectivity index (χ2n) is 4.13. The van der Waals surface area contributed by atoms with E-state index in [1.54, 1.807) is 0 Å². The van der Waals surface area contributed by atoms with Crippen molar-refractivity contribution in [2.24, 2.45) is 0 Å². The first-order valence-corrected chi connectivity index (χ1v) is 6.87. The van der Waals surface area contributed by atoms with Crippen molar-refractivity contribution in [2.45, 2.75) is 45.6 Å². The molecule has 0 aliphatic rings. The standard InChI is InChI=1S/C13H19NO2S/c1-3-10(2)14-13(16)8-4-6-11(15)12-7-5-9-17-12/h5,7,9-10H,3-4,6,8H2,1-2H3,(H,14,16). The molecule has 1 atom stereocenters. The normalized spacial score (nSPS) is 12.1. The second-order valence-corrected chi connectivity index (χ2v) is 5.08. The summed E-state index contributed by atoms with van der Waals surface area (Å²) in [6.07, 6.45) is 2.44. The zero-order valence-electron chi connectivity index (χ0n) is 10.4. The maximum absolute atomic E-state index is 11.6.